The molecule has 2 N–H and O–H groups in total. The number of urea groups is 1. The number of aromatic nitrogens is 2. The molecule has 2 aromatic rings. The van der Waals surface area contributed by atoms with Crippen LogP contribution in [0.3, 0.4) is 0 Å². The molecule has 2 heterocycles. The Balaban J connectivity index is 1.59. The Labute approximate surface area is 159 Å². The number of para-hydroxylation sites is 2. The zero-order chi connectivity index (χ0) is 19.4. The lowest BCUT2D eigenvalue weighted by molar-refractivity contribution is -0.144. The molecular weight excluding hydrogens is 344 g/mol. The first kappa shape index (κ1) is 19.2. The van der Waals surface area contributed by atoms with Crippen LogP contribution in [-0.2, 0) is 9.53 Å². The summed E-state index contributed by atoms with van der Waals surface area (Å²) in [7, 11) is 1.35. The predicted molar refractivity (Wildman–Crippen MR) is 103 cm³/mol. The van der Waals surface area contributed by atoms with Crippen LogP contribution in [0.25, 0.3) is 11.0 Å². The second-order valence-corrected chi connectivity index (χ2v) is 7.24. The molecule has 1 saturated heterocycles. The molecule has 2 amide bonds. The van der Waals surface area contributed by atoms with Crippen LogP contribution >= 0.6 is 0 Å². The van der Waals surface area contributed by atoms with E-state index in [9.17, 15) is 9.59 Å². The Morgan fingerprint density at radius 1 is 1.33 bits per heavy atom. The third-order valence-electron chi connectivity index (χ3n) is 5.52. The van der Waals surface area contributed by atoms with Crippen LogP contribution in [0.4, 0.5) is 4.79 Å². The number of methoxy groups -OCH3 is 1. The van der Waals surface area contributed by atoms with E-state index in [0.717, 1.165) is 36.1 Å². The molecule has 3 rings (SSSR count). The van der Waals surface area contributed by atoms with E-state index >= 15 is 0 Å². The van der Waals surface area contributed by atoms with Crippen molar-refractivity contribution in [2.45, 2.75) is 45.1 Å². The number of aromatic amines is 1. The first-order valence-corrected chi connectivity index (χ1v) is 9.61. The van der Waals surface area contributed by atoms with E-state index in [1.807, 2.05) is 38.1 Å². The SMILES string of the molecule is CCC(C)[C@@H](NC(=O)N1CCC(c2nc3ccccc3[nH]2)CC1)C(=O)OC. The lowest BCUT2D eigenvalue weighted by Crippen LogP contribution is -2.52. The number of piperidine rings is 1. The monoisotopic (exact) mass is 372 g/mol. The minimum absolute atomic E-state index is 0.0227. The summed E-state index contributed by atoms with van der Waals surface area (Å²) >= 11 is 0. The number of nitrogens with zero attached hydrogens (tertiary/aromatic N) is 2. The molecule has 146 valence electrons. The number of ether oxygens (including phenoxy) is 1. The second-order valence-electron chi connectivity index (χ2n) is 7.24. The molecule has 1 fully saturated rings. The molecule has 0 bridgehead atoms. The maximum atomic E-state index is 12.6. The van der Waals surface area contributed by atoms with E-state index in [4.69, 9.17) is 4.74 Å². The summed E-state index contributed by atoms with van der Waals surface area (Å²) < 4.78 is 4.84. The number of carbonyl (C=O) groups excluding carboxylic acids is 2. The molecule has 1 aliphatic rings. The molecule has 7 heteroatoms. The van der Waals surface area contributed by atoms with Gasteiger partial charge in [0.25, 0.3) is 0 Å². The minimum atomic E-state index is -0.611. The number of imidazole rings is 1. The van der Waals surface area contributed by atoms with Gasteiger partial charge in [-0.05, 0) is 30.9 Å². The van der Waals surface area contributed by atoms with E-state index < -0.39 is 12.0 Å². The van der Waals surface area contributed by atoms with Gasteiger partial charge in [-0.1, -0.05) is 32.4 Å². The van der Waals surface area contributed by atoms with Crippen LogP contribution in [0.15, 0.2) is 24.3 Å². The summed E-state index contributed by atoms with van der Waals surface area (Å²) in [6.45, 7) is 5.21. The number of benzene rings is 1. The Hall–Kier alpha value is -2.57. The van der Waals surface area contributed by atoms with Crippen molar-refractivity contribution in [2.24, 2.45) is 5.92 Å². The molecule has 0 aliphatic carbocycles. The number of rotatable bonds is 5. The van der Waals surface area contributed by atoms with Gasteiger partial charge in [-0.15, -0.1) is 0 Å². The fourth-order valence-corrected chi connectivity index (χ4v) is 3.54. The fraction of sp³-hybridized carbons (Fsp3) is 0.550. The van der Waals surface area contributed by atoms with Crippen molar-refractivity contribution in [3.8, 4) is 0 Å². The van der Waals surface area contributed by atoms with Gasteiger partial charge in [0.05, 0.1) is 18.1 Å². The summed E-state index contributed by atoms with van der Waals surface area (Å²) in [5.74, 6) is 0.931. The number of hydrogen-bond donors (Lipinski definition) is 2. The zero-order valence-electron chi connectivity index (χ0n) is 16.2. The summed E-state index contributed by atoms with van der Waals surface area (Å²) in [6.07, 6.45) is 2.48. The standard InChI is InChI=1S/C20H28N4O3/c1-4-13(2)17(19(25)27-3)23-20(26)24-11-9-14(10-12-24)18-21-15-7-5-6-8-16(15)22-18/h5-8,13-14,17H,4,9-12H2,1-3H3,(H,21,22)(H,23,26)/t13?,17-/m1/s1. The summed E-state index contributed by atoms with van der Waals surface area (Å²) in [4.78, 5) is 34.5. The van der Waals surface area contributed by atoms with Crippen molar-refractivity contribution in [1.29, 1.82) is 0 Å². The van der Waals surface area contributed by atoms with Crippen LogP contribution in [-0.4, -0.2) is 53.1 Å². The molecule has 0 spiro atoms. The lowest BCUT2D eigenvalue weighted by Gasteiger charge is -2.33. The highest BCUT2D eigenvalue weighted by Gasteiger charge is 2.31. The maximum Gasteiger partial charge on any atom is 0.328 e. The van der Waals surface area contributed by atoms with Crippen molar-refractivity contribution < 1.29 is 14.3 Å². The zero-order valence-corrected chi connectivity index (χ0v) is 16.2. The smallest absolute Gasteiger partial charge is 0.328 e. The van der Waals surface area contributed by atoms with Gasteiger partial charge in [0.15, 0.2) is 0 Å². The molecule has 2 atom stereocenters. The van der Waals surface area contributed by atoms with E-state index in [1.54, 1.807) is 4.90 Å². The first-order valence-electron chi connectivity index (χ1n) is 9.61. The topological polar surface area (TPSA) is 87.3 Å². The normalized spacial score (nSPS) is 17.5. The molecule has 0 saturated carbocycles. The number of carbonyl (C=O) groups is 2. The third-order valence-corrected chi connectivity index (χ3v) is 5.52. The molecule has 1 aliphatic heterocycles. The first-order chi connectivity index (χ1) is 13.0. The molecule has 27 heavy (non-hydrogen) atoms. The molecule has 0 radical (unpaired) electrons. The third kappa shape index (κ3) is 4.23. The van der Waals surface area contributed by atoms with Crippen LogP contribution in [0.5, 0.6) is 0 Å². The maximum absolute atomic E-state index is 12.6. The molecule has 7 nitrogen and oxygen atoms in total. The summed E-state index contributed by atoms with van der Waals surface area (Å²) in [5, 5.41) is 2.85. The quantitative estimate of drug-likeness (QED) is 0.790. The number of amides is 2. The molecule has 1 unspecified atom stereocenters. The van der Waals surface area contributed by atoms with Crippen LogP contribution in [0.1, 0.15) is 44.9 Å². The van der Waals surface area contributed by atoms with E-state index in [0.29, 0.717) is 19.0 Å². The average molecular weight is 372 g/mol. The lowest BCUT2D eigenvalue weighted by atomic mass is 9.96. The van der Waals surface area contributed by atoms with E-state index in [-0.39, 0.29) is 11.9 Å². The molecule has 1 aromatic carbocycles. The number of nitrogens with one attached hydrogen (secondary N) is 2. The van der Waals surface area contributed by atoms with Crippen molar-refractivity contribution in [3.05, 3.63) is 30.1 Å². The Bertz CT molecular complexity index is 762. The highest BCUT2D eigenvalue weighted by atomic mass is 16.5. The molecular formula is C20H28N4O3. The molecule has 1 aromatic heterocycles. The van der Waals surface area contributed by atoms with Crippen molar-refractivity contribution in [2.75, 3.05) is 20.2 Å². The number of esters is 1. The number of fused-ring (bicyclic) bond motifs is 1. The largest absolute Gasteiger partial charge is 0.467 e. The van der Waals surface area contributed by atoms with Gasteiger partial charge in [-0.3, -0.25) is 0 Å². The van der Waals surface area contributed by atoms with Crippen molar-refractivity contribution in [3.63, 3.8) is 0 Å². The average Bonchev–Trinajstić information content (AvgIpc) is 3.15. The predicted octanol–water partition coefficient (Wildman–Crippen LogP) is 3.04. The highest BCUT2D eigenvalue weighted by Crippen LogP contribution is 2.27. The number of hydrogen-bond acceptors (Lipinski definition) is 4. The van der Waals surface area contributed by atoms with Crippen molar-refractivity contribution >= 4 is 23.0 Å². The Morgan fingerprint density at radius 2 is 2.04 bits per heavy atom. The highest BCUT2D eigenvalue weighted by molar-refractivity contribution is 5.84. The van der Waals surface area contributed by atoms with Crippen LogP contribution < -0.4 is 5.32 Å². The fourth-order valence-electron chi connectivity index (χ4n) is 3.54. The Morgan fingerprint density at radius 3 is 2.67 bits per heavy atom. The minimum Gasteiger partial charge on any atom is -0.467 e. The van der Waals surface area contributed by atoms with Crippen molar-refractivity contribution in [1.82, 2.24) is 20.2 Å². The van der Waals surface area contributed by atoms with Gasteiger partial charge in [0.1, 0.15) is 11.9 Å². The van der Waals surface area contributed by atoms with Gasteiger partial charge in [0.2, 0.25) is 0 Å². The Kier molecular flexibility index (Phi) is 5.98. The summed E-state index contributed by atoms with van der Waals surface area (Å²) in [5.41, 5.74) is 2.02. The van der Waals surface area contributed by atoms with Crippen LogP contribution in [0.2, 0.25) is 0 Å². The van der Waals surface area contributed by atoms with Gasteiger partial charge < -0.3 is 19.9 Å². The van der Waals surface area contributed by atoms with Gasteiger partial charge in [-0.2, -0.15) is 0 Å². The number of likely N-dealkylation sites (tertiary alicyclic amines) is 1. The van der Waals surface area contributed by atoms with E-state index in [1.165, 1.54) is 7.11 Å². The van der Waals surface area contributed by atoms with Gasteiger partial charge >= 0.3 is 12.0 Å². The van der Waals surface area contributed by atoms with Crippen LogP contribution in [0, 0.1) is 5.92 Å². The number of H-pyrrole nitrogens is 1. The second kappa shape index (κ2) is 8.41. The van der Waals surface area contributed by atoms with Gasteiger partial charge in [-0.25, -0.2) is 14.6 Å². The van der Waals surface area contributed by atoms with Gasteiger partial charge in [0, 0.05) is 19.0 Å². The van der Waals surface area contributed by atoms with E-state index in [2.05, 4.69) is 15.3 Å². The summed E-state index contributed by atoms with van der Waals surface area (Å²) in [6, 6.07) is 7.19.